The van der Waals surface area contributed by atoms with E-state index in [9.17, 15) is 0 Å². The second kappa shape index (κ2) is 5.49. The average Bonchev–Trinajstić information content (AvgIpc) is 2.49. The van der Waals surface area contributed by atoms with Gasteiger partial charge in [0.15, 0.2) is 0 Å². The summed E-state index contributed by atoms with van der Waals surface area (Å²) in [7, 11) is 1.87. The molecule has 0 aliphatic rings. The fourth-order valence-corrected chi connectivity index (χ4v) is 1.47. The van der Waals surface area contributed by atoms with E-state index in [4.69, 9.17) is 16.7 Å². The van der Waals surface area contributed by atoms with Crippen molar-refractivity contribution in [1.29, 1.82) is 0 Å². The number of aliphatic hydroxyl groups is 1. The second-order valence-corrected chi connectivity index (χ2v) is 4.36. The van der Waals surface area contributed by atoms with Crippen LogP contribution in [-0.2, 0) is 13.6 Å². The predicted octanol–water partition coefficient (Wildman–Crippen LogP) is 1.18. The molecule has 1 aromatic heterocycles. The molecule has 0 aromatic carbocycles. The molecule has 0 saturated carbocycles. The highest BCUT2D eigenvalue weighted by Crippen LogP contribution is 2.09. The van der Waals surface area contributed by atoms with Gasteiger partial charge in [0.05, 0.1) is 19.3 Å². The van der Waals surface area contributed by atoms with Crippen molar-refractivity contribution in [2.75, 3.05) is 6.61 Å². The van der Waals surface area contributed by atoms with E-state index in [1.165, 1.54) is 0 Å². The van der Waals surface area contributed by atoms with Gasteiger partial charge in [0.2, 0.25) is 0 Å². The normalized spacial score (nSPS) is 13.5. The fourth-order valence-electron chi connectivity index (χ4n) is 1.32. The van der Waals surface area contributed by atoms with Crippen molar-refractivity contribution in [2.24, 2.45) is 13.0 Å². The van der Waals surface area contributed by atoms with Gasteiger partial charge in [0, 0.05) is 13.1 Å². The third-order valence-electron chi connectivity index (χ3n) is 2.55. The first-order valence-electron chi connectivity index (χ1n) is 5.06. The van der Waals surface area contributed by atoms with Crippen LogP contribution in [0.1, 0.15) is 19.7 Å². The van der Waals surface area contributed by atoms with Crippen molar-refractivity contribution in [3.05, 3.63) is 17.2 Å². The van der Waals surface area contributed by atoms with Gasteiger partial charge in [-0.25, -0.2) is 4.98 Å². The molecule has 1 atom stereocenters. The molecule has 1 aromatic rings. The Balaban J connectivity index is 2.53. The number of hydrogen-bond donors (Lipinski definition) is 2. The summed E-state index contributed by atoms with van der Waals surface area (Å²) in [5.74, 6) is 1.27. The Morgan fingerprint density at radius 1 is 1.60 bits per heavy atom. The Bertz CT molecular complexity index is 312. The smallest absolute Gasteiger partial charge is 0.128 e. The average molecular weight is 232 g/mol. The highest BCUT2D eigenvalue weighted by molar-refractivity contribution is 6.29. The number of hydrogen-bond acceptors (Lipinski definition) is 3. The first-order chi connectivity index (χ1) is 7.06. The lowest BCUT2D eigenvalue weighted by molar-refractivity contribution is 0.209. The topological polar surface area (TPSA) is 50.1 Å². The summed E-state index contributed by atoms with van der Waals surface area (Å²) in [6, 6.07) is 0.0977. The van der Waals surface area contributed by atoms with Gasteiger partial charge in [-0.15, -0.1) is 0 Å². The molecule has 86 valence electrons. The molecule has 0 fully saturated rings. The van der Waals surface area contributed by atoms with Crippen molar-refractivity contribution >= 4 is 11.6 Å². The van der Waals surface area contributed by atoms with Crippen LogP contribution < -0.4 is 5.32 Å². The molecule has 0 saturated heterocycles. The SMILES string of the molecule is CC(C)[C@@H](CO)NCc1ncc(Cl)n1C. The van der Waals surface area contributed by atoms with Crippen molar-refractivity contribution in [1.82, 2.24) is 14.9 Å². The van der Waals surface area contributed by atoms with Crippen molar-refractivity contribution in [2.45, 2.75) is 26.4 Å². The van der Waals surface area contributed by atoms with Gasteiger partial charge in [-0.2, -0.15) is 0 Å². The second-order valence-electron chi connectivity index (χ2n) is 3.97. The Hall–Kier alpha value is -0.580. The van der Waals surface area contributed by atoms with E-state index < -0.39 is 0 Å². The zero-order chi connectivity index (χ0) is 11.4. The lowest BCUT2D eigenvalue weighted by Crippen LogP contribution is -2.37. The molecule has 1 heterocycles. The number of nitrogens with one attached hydrogen (secondary N) is 1. The highest BCUT2D eigenvalue weighted by atomic mass is 35.5. The van der Waals surface area contributed by atoms with Crippen LogP contribution in [0.4, 0.5) is 0 Å². The first kappa shape index (κ1) is 12.5. The Morgan fingerprint density at radius 2 is 2.27 bits per heavy atom. The molecule has 0 unspecified atom stereocenters. The third kappa shape index (κ3) is 3.19. The van der Waals surface area contributed by atoms with E-state index in [1.54, 1.807) is 6.20 Å². The van der Waals surface area contributed by atoms with E-state index in [-0.39, 0.29) is 12.6 Å². The first-order valence-corrected chi connectivity index (χ1v) is 5.44. The van der Waals surface area contributed by atoms with E-state index in [0.717, 1.165) is 5.82 Å². The van der Waals surface area contributed by atoms with Gasteiger partial charge >= 0.3 is 0 Å². The van der Waals surface area contributed by atoms with Gasteiger partial charge in [-0.3, -0.25) is 0 Å². The largest absolute Gasteiger partial charge is 0.395 e. The summed E-state index contributed by atoms with van der Waals surface area (Å²) in [6.07, 6.45) is 1.63. The lowest BCUT2D eigenvalue weighted by Gasteiger charge is -2.19. The number of aromatic nitrogens is 2. The summed E-state index contributed by atoms with van der Waals surface area (Å²) >= 11 is 5.86. The molecule has 2 N–H and O–H groups in total. The number of halogens is 1. The maximum atomic E-state index is 9.13. The molecule has 0 amide bonds. The minimum Gasteiger partial charge on any atom is -0.395 e. The van der Waals surface area contributed by atoms with Crippen molar-refractivity contribution in [3.63, 3.8) is 0 Å². The van der Waals surface area contributed by atoms with Crippen LogP contribution in [0.2, 0.25) is 5.15 Å². The molecular formula is C10H18ClN3O. The van der Waals surface area contributed by atoms with Crippen LogP contribution in [0.5, 0.6) is 0 Å². The minimum absolute atomic E-state index is 0.0977. The van der Waals surface area contributed by atoms with Gasteiger partial charge in [-0.05, 0) is 5.92 Å². The van der Waals surface area contributed by atoms with Gasteiger partial charge in [0.25, 0.3) is 0 Å². The number of imidazole rings is 1. The minimum atomic E-state index is 0.0977. The van der Waals surface area contributed by atoms with Crippen LogP contribution in [0.3, 0.4) is 0 Å². The zero-order valence-electron chi connectivity index (χ0n) is 9.37. The zero-order valence-corrected chi connectivity index (χ0v) is 10.1. The van der Waals surface area contributed by atoms with Gasteiger partial charge < -0.3 is 15.0 Å². The van der Waals surface area contributed by atoms with E-state index in [2.05, 4.69) is 24.1 Å². The number of nitrogens with zero attached hydrogens (tertiary/aromatic N) is 2. The molecule has 1 rings (SSSR count). The molecule has 4 nitrogen and oxygen atoms in total. The van der Waals surface area contributed by atoms with Crippen LogP contribution in [0.25, 0.3) is 0 Å². The van der Waals surface area contributed by atoms with Crippen molar-refractivity contribution in [3.8, 4) is 0 Å². The molecular weight excluding hydrogens is 214 g/mol. The third-order valence-corrected chi connectivity index (χ3v) is 2.90. The van der Waals surface area contributed by atoms with E-state index in [0.29, 0.717) is 17.6 Å². The molecule has 0 aliphatic heterocycles. The standard InChI is InChI=1S/C10H18ClN3O/c1-7(2)8(6-15)12-5-10-13-4-9(11)14(10)3/h4,7-8,12,15H,5-6H2,1-3H3/t8-/m1/s1. The van der Waals surface area contributed by atoms with Crippen LogP contribution in [0.15, 0.2) is 6.20 Å². The molecule has 0 aliphatic carbocycles. The molecule has 5 heteroatoms. The quantitative estimate of drug-likeness (QED) is 0.800. The summed E-state index contributed by atoms with van der Waals surface area (Å²) in [5.41, 5.74) is 0. The Kier molecular flexibility index (Phi) is 4.57. The molecule has 0 bridgehead atoms. The Labute approximate surface area is 95.3 Å². The molecule has 15 heavy (non-hydrogen) atoms. The molecule has 0 radical (unpaired) electrons. The number of aliphatic hydroxyl groups excluding tert-OH is 1. The Morgan fingerprint density at radius 3 is 2.67 bits per heavy atom. The maximum Gasteiger partial charge on any atom is 0.128 e. The summed E-state index contributed by atoms with van der Waals surface area (Å²) < 4.78 is 1.82. The summed E-state index contributed by atoms with van der Waals surface area (Å²) in [6.45, 7) is 4.89. The molecule has 0 spiro atoms. The van der Waals surface area contributed by atoms with E-state index >= 15 is 0 Å². The van der Waals surface area contributed by atoms with Gasteiger partial charge in [-0.1, -0.05) is 25.4 Å². The van der Waals surface area contributed by atoms with Crippen LogP contribution >= 0.6 is 11.6 Å². The predicted molar refractivity (Wildman–Crippen MR) is 60.8 cm³/mol. The summed E-state index contributed by atoms with van der Waals surface area (Å²) in [5, 5.41) is 13.0. The fraction of sp³-hybridized carbons (Fsp3) is 0.700. The summed E-state index contributed by atoms with van der Waals surface area (Å²) in [4.78, 5) is 4.17. The highest BCUT2D eigenvalue weighted by Gasteiger charge is 2.12. The van der Waals surface area contributed by atoms with Crippen molar-refractivity contribution < 1.29 is 5.11 Å². The lowest BCUT2D eigenvalue weighted by atomic mass is 10.1. The van der Waals surface area contributed by atoms with Gasteiger partial charge in [0.1, 0.15) is 11.0 Å². The number of rotatable bonds is 5. The monoisotopic (exact) mass is 231 g/mol. The van der Waals surface area contributed by atoms with Crippen LogP contribution in [0, 0.1) is 5.92 Å². The van der Waals surface area contributed by atoms with E-state index in [1.807, 2.05) is 11.6 Å². The van der Waals surface area contributed by atoms with Crippen LogP contribution in [-0.4, -0.2) is 27.3 Å². The maximum absolute atomic E-state index is 9.13.